The monoisotopic (exact) mass is 392 g/mol. The number of halogens is 2. The summed E-state index contributed by atoms with van der Waals surface area (Å²) in [6.07, 6.45) is -0.441. The quantitative estimate of drug-likeness (QED) is 0.849. The van der Waals surface area contributed by atoms with Gasteiger partial charge in [0.05, 0.1) is 30.3 Å². The third kappa shape index (κ3) is 4.37. The molecule has 2 amide bonds. The molecule has 1 heterocycles. The molecule has 2 aromatic carbocycles. The SMILES string of the molecule is COc1cccc(N2CC(CNC(=O)c3c(F)cccc3Cl)OCC2=O)c1. The number of rotatable bonds is 5. The van der Waals surface area contributed by atoms with Crippen LogP contribution in [0.2, 0.25) is 5.02 Å². The highest BCUT2D eigenvalue weighted by Gasteiger charge is 2.28. The van der Waals surface area contributed by atoms with Crippen LogP contribution in [0.15, 0.2) is 42.5 Å². The predicted octanol–water partition coefficient (Wildman–Crippen LogP) is 2.65. The number of carbonyl (C=O) groups excluding carboxylic acids is 2. The second-order valence-corrected chi connectivity index (χ2v) is 6.35. The molecule has 0 saturated carbocycles. The summed E-state index contributed by atoms with van der Waals surface area (Å²) < 4.78 is 24.5. The van der Waals surface area contributed by atoms with Gasteiger partial charge >= 0.3 is 0 Å². The van der Waals surface area contributed by atoms with Crippen LogP contribution in [0.3, 0.4) is 0 Å². The molecule has 1 unspecified atom stereocenters. The van der Waals surface area contributed by atoms with Crippen molar-refractivity contribution in [3.63, 3.8) is 0 Å². The van der Waals surface area contributed by atoms with Crippen LogP contribution < -0.4 is 15.0 Å². The van der Waals surface area contributed by atoms with Crippen molar-refractivity contribution in [2.45, 2.75) is 6.10 Å². The van der Waals surface area contributed by atoms with Gasteiger partial charge < -0.3 is 19.7 Å². The molecule has 0 aliphatic carbocycles. The number of nitrogens with zero attached hydrogens (tertiary/aromatic N) is 1. The van der Waals surface area contributed by atoms with E-state index in [9.17, 15) is 14.0 Å². The van der Waals surface area contributed by atoms with Crippen LogP contribution in [0.4, 0.5) is 10.1 Å². The Labute approximate surface area is 160 Å². The molecular weight excluding hydrogens is 375 g/mol. The number of methoxy groups -OCH3 is 1. The van der Waals surface area contributed by atoms with Gasteiger partial charge in [-0.15, -0.1) is 0 Å². The Bertz CT molecular complexity index is 841. The summed E-state index contributed by atoms with van der Waals surface area (Å²) in [5.74, 6) is -0.891. The molecule has 1 aliphatic heterocycles. The van der Waals surface area contributed by atoms with Crippen molar-refractivity contribution in [1.82, 2.24) is 5.32 Å². The Hall–Kier alpha value is -2.64. The topological polar surface area (TPSA) is 67.9 Å². The number of carbonyl (C=O) groups is 2. The zero-order valence-electron chi connectivity index (χ0n) is 14.6. The zero-order chi connectivity index (χ0) is 19.4. The highest BCUT2D eigenvalue weighted by molar-refractivity contribution is 6.33. The molecule has 1 fully saturated rings. The van der Waals surface area contributed by atoms with Gasteiger partial charge in [-0.1, -0.05) is 23.7 Å². The molecule has 0 bridgehead atoms. The molecule has 0 aromatic heterocycles. The second-order valence-electron chi connectivity index (χ2n) is 5.95. The van der Waals surface area contributed by atoms with Gasteiger partial charge in [0.1, 0.15) is 18.2 Å². The Morgan fingerprint density at radius 3 is 2.89 bits per heavy atom. The first-order valence-electron chi connectivity index (χ1n) is 8.28. The maximum atomic E-state index is 13.8. The number of nitrogens with one attached hydrogen (secondary N) is 1. The van der Waals surface area contributed by atoms with E-state index in [0.717, 1.165) is 0 Å². The average Bonchev–Trinajstić information content (AvgIpc) is 2.67. The van der Waals surface area contributed by atoms with Gasteiger partial charge in [-0.05, 0) is 24.3 Å². The number of anilines is 1. The van der Waals surface area contributed by atoms with E-state index < -0.39 is 17.8 Å². The Morgan fingerprint density at radius 1 is 1.37 bits per heavy atom. The molecule has 27 heavy (non-hydrogen) atoms. The van der Waals surface area contributed by atoms with Crippen molar-refractivity contribution in [3.05, 3.63) is 58.9 Å². The first kappa shape index (κ1) is 19.1. The summed E-state index contributed by atoms with van der Waals surface area (Å²) in [5, 5.41) is 2.64. The highest BCUT2D eigenvalue weighted by atomic mass is 35.5. The lowest BCUT2D eigenvalue weighted by molar-refractivity contribution is -0.129. The highest BCUT2D eigenvalue weighted by Crippen LogP contribution is 2.23. The second kappa shape index (κ2) is 8.37. The number of morpholine rings is 1. The van der Waals surface area contributed by atoms with Crippen molar-refractivity contribution in [3.8, 4) is 5.75 Å². The number of hydrogen-bond donors (Lipinski definition) is 1. The smallest absolute Gasteiger partial charge is 0.255 e. The number of amides is 2. The molecule has 3 rings (SSSR count). The van der Waals surface area contributed by atoms with E-state index in [2.05, 4.69) is 5.32 Å². The van der Waals surface area contributed by atoms with Gasteiger partial charge in [0, 0.05) is 18.3 Å². The minimum Gasteiger partial charge on any atom is -0.497 e. The van der Waals surface area contributed by atoms with Crippen LogP contribution in [-0.4, -0.2) is 44.7 Å². The maximum Gasteiger partial charge on any atom is 0.255 e. The zero-order valence-corrected chi connectivity index (χ0v) is 15.3. The summed E-state index contributed by atoms with van der Waals surface area (Å²) in [6, 6.07) is 11.1. The summed E-state index contributed by atoms with van der Waals surface area (Å²) in [6.45, 7) is 0.243. The standard InChI is InChI=1S/C19H18ClFN2O4/c1-26-13-5-2-4-12(8-13)23-10-14(27-11-17(23)24)9-22-19(25)18-15(20)6-3-7-16(18)21/h2-8,14H,9-11H2,1H3,(H,22,25). The molecule has 0 spiro atoms. The first-order chi connectivity index (χ1) is 13.0. The van der Waals surface area contributed by atoms with Crippen molar-refractivity contribution in [2.75, 3.05) is 31.7 Å². The minimum atomic E-state index is -0.697. The van der Waals surface area contributed by atoms with E-state index in [4.69, 9.17) is 21.1 Å². The van der Waals surface area contributed by atoms with Gasteiger partial charge in [-0.3, -0.25) is 9.59 Å². The lowest BCUT2D eigenvalue weighted by Gasteiger charge is -2.33. The Kier molecular flexibility index (Phi) is 5.93. The van der Waals surface area contributed by atoms with Gasteiger partial charge in [-0.2, -0.15) is 0 Å². The summed E-state index contributed by atoms with van der Waals surface area (Å²) >= 11 is 5.90. The third-order valence-corrected chi connectivity index (χ3v) is 4.49. The molecule has 1 N–H and O–H groups in total. The summed E-state index contributed by atoms with van der Waals surface area (Å²) in [7, 11) is 1.55. The van der Waals surface area contributed by atoms with Gasteiger partial charge in [0.25, 0.3) is 11.8 Å². The fourth-order valence-electron chi connectivity index (χ4n) is 2.79. The van der Waals surface area contributed by atoms with E-state index in [-0.39, 0.29) is 36.2 Å². The normalized spacial score (nSPS) is 16.9. The van der Waals surface area contributed by atoms with E-state index in [1.807, 2.05) is 0 Å². The molecule has 1 aliphatic rings. The van der Waals surface area contributed by atoms with Gasteiger partial charge in [-0.25, -0.2) is 4.39 Å². The van der Waals surface area contributed by atoms with Crippen molar-refractivity contribution < 1.29 is 23.5 Å². The van der Waals surface area contributed by atoms with Gasteiger partial charge in [0.15, 0.2) is 0 Å². The minimum absolute atomic E-state index is 0.0326. The van der Waals surface area contributed by atoms with Crippen LogP contribution in [0.1, 0.15) is 10.4 Å². The van der Waals surface area contributed by atoms with E-state index in [1.54, 1.807) is 36.3 Å². The van der Waals surface area contributed by atoms with Crippen LogP contribution >= 0.6 is 11.6 Å². The number of hydrogen-bond acceptors (Lipinski definition) is 4. The molecular formula is C19H18ClFN2O4. The molecule has 6 nitrogen and oxygen atoms in total. The Balaban J connectivity index is 1.66. The van der Waals surface area contributed by atoms with E-state index in [1.165, 1.54) is 18.2 Å². The van der Waals surface area contributed by atoms with Gasteiger partial charge in [0.2, 0.25) is 0 Å². The van der Waals surface area contributed by atoms with Crippen LogP contribution in [-0.2, 0) is 9.53 Å². The van der Waals surface area contributed by atoms with Crippen molar-refractivity contribution in [2.24, 2.45) is 0 Å². The summed E-state index contributed by atoms with van der Waals surface area (Å²) in [5.41, 5.74) is 0.465. The fraction of sp³-hybridized carbons (Fsp3) is 0.263. The number of benzene rings is 2. The van der Waals surface area contributed by atoms with E-state index in [0.29, 0.717) is 11.4 Å². The van der Waals surface area contributed by atoms with Crippen molar-refractivity contribution in [1.29, 1.82) is 0 Å². The molecule has 142 valence electrons. The molecule has 1 atom stereocenters. The lowest BCUT2D eigenvalue weighted by Crippen LogP contribution is -2.50. The Morgan fingerprint density at radius 2 is 2.15 bits per heavy atom. The van der Waals surface area contributed by atoms with Crippen LogP contribution in [0, 0.1) is 5.82 Å². The fourth-order valence-corrected chi connectivity index (χ4v) is 3.03. The average molecular weight is 393 g/mol. The van der Waals surface area contributed by atoms with Crippen LogP contribution in [0.5, 0.6) is 5.75 Å². The lowest BCUT2D eigenvalue weighted by atomic mass is 10.2. The van der Waals surface area contributed by atoms with E-state index >= 15 is 0 Å². The largest absolute Gasteiger partial charge is 0.497 e. The molecule has 0 radical (unpaired) electrons. The molecule has 1 saturated heterocycles. The molecule has 8 heteroatoms. The van der Waals surface area contributed by atoms with Crippen molar-refractivity contribution >= 4 is 29.1 Å². The first-order valence-corrected chi connectivity index (χ1v) is 8.65. The molecule has 2 aromatic rings. The van der Waals surface area contributed by atoms with Crippen LogP contribution in [0.25, 0.3) is 0 Å². The maximum absolute atomic E-state index is 13.8. The predicted molar refractivity (Wildman–Crippen MR) is 98.8 cm³/mol. The third-order valence-electron chi connectivity index (χ3n) is 4.17. The number of ether oxygens (including phenoxy) is 2. The summed E-state index contributed by atoms with van der Waals surface area (Å²) in [4.78, 5) is 26.0.